The van der Waals surface area contributed by atoms with E-state index in [1.165, 1.54) is 16.9 Å². The van der Waals surface area contributed by atoms with Crippen LogP contribution in [0.4, 0.5) is 5.13 Å². The maximum atomic E-state index is 12.2. The van der Waals surface area contributed by atoms with Crippen LogP contribution in [0.3, 0.4) is 0 Å². The van der Waals surface area contributed by atoms with E-state index in [1.54, 1.807) is 0 Å². The maximum Gasteiger partial charge on any atom is 0.226 e. The van der Waals surface area contributed by atoms with Crippen molar-refractivity contribution in [3.05, 3.63) is 40.9 Å². The SMILES string of the molecule is CCC(C)(C)c1nnc(NC(=O)CC(C)c2ccccc2)s1. The van der Waals surface area contributed by atoms with Crippen LogP contribution in [0.15, 0.2) is 30.3 Å². The van der Waals surface area contributed by atoms with E-state index < -0.39 is 0 Å². The van der Waals surface area contributed by atoms with Crippen molar-refractivity contribution in [2.75, 3.05) is 5.32 Å². The van der Waals surface area contributed by atoms with Gasteiger partial charge in [-0.15, -0.1) is 10.2 Å². The van der Waals surface area contributed by atoms with Gasteiger partial charge in [0.05, 0.1) is 0 Å². The number of hydrogen-bond donors (Lipinski definition) is 1. The molecule has 4 nitrogen and oxygen atoms in total. The van der Waals surface area contributed by atoms with Gasteiger partial charge in [-0.2, -0.15) is 0 Å². The molecule has 1 N–H and O–H groups in total. The van der Waals surface area contributed by atoms with Crippen molar-refractivity contribution >= 4 is 22.4 Å². The summed E-state index contributed by atoms with van der Waals surface area (Å²) in [5.41, 5.74) is 1.17. The van der Waals surface area contributed by atoms with Crippen LogP contribution in [0.5, 0.6) is 0 Å². The van der Waals surface area contributed by atoms with Crippen LogP contribution in [0.1, 0.15) is 57.0 Å². The number of rotatable bonds is 6. The smallest absolute Gasteiger partial charge is 0.226 e. The highest BCUT2D eigenvalue weighted by Gasteiger charge is 2.23. The summed E-state index contributed by atoms with van der Waals surface area (Å²) in [6.07, 6.45) is 1.43. The molecule has 0 radical (unpaired) electrons. The Bertz CT molecular complexity index is 622. The van der Waals surface area contributed by atoms with Gasteiger partial charge >= 0.3 is 0 Å². The number of carbonyl (C=O) groups is 1. The number of carbonyl (C=O) groups excluding carboxylic acids is 1. The van der Waals surface area contributed by atoms with Crippen LogP contribution in [-0.2, 0) is 10.2 Å². The molecule has 0 spiro atoms. The van der Waals surface area contributed by atoms with E-state index in [0.29, 0.717) is 11.6 Å². The van der Waals surface area contributed by atoms with Crippen LogP contribution in [0.25, 0.3) is 0 Å². The van der Waals surface area contributed by atoms with Gasteiger partial charge in [-0.3, -0.25) is 4.79 Å². The molecule has 0 aliphatic carbocycles. The Morgan fingerprint density at radius 1 is 1.27 bits per heavy atom. The van der Waals surface area contributed by atoms with Crippen LogP contribution in [0, 0.1) is 0 Å². The fourth-order valence-electron chi connectivity index (χ4n) is 2.05. The third-order valence-corrected chi connectivity index (χ3v) is 5.20. The number of nitrogens with zero attached hydrogens (tertiary/aromatic N) is 2. The van der Waals surface area contributed by atoms with Gasteiger partial charge < -0.3 is 5.32 Å². The number of benzene rings is 1. The number of nitrogens with one attached hydrogen (secondary N) is 1. The number of amides is 1. The van der Waals surface area contributed by atoms with Gasteiger partial charge in [0.25, 0.3) is 0 Å². The van der Waals surface area contributed by atoms with Gasteiger partial charge in [-0.25, -0.2) is 0 Å². The minimum Gasteiger partial charge on any atom is -0.301 e. The van der Waals surface area contributed by atoms with Crippen molar-refractivity contribution in [2.45, 2.75) is 51.9 Å². The molecular weight excluding hydrogens is 294 g/mol. The normalized spacial score (nSPS) is 12.9. The monoisotopic (exact) mass is 317 g/mol. The van der Waals surface area contributed by atoms with Crippen LogP contribution in [0.2, 0.25) is 0 Å². The molecule has 1 atom stereocenters. The predicted molar refractivity (Wildman–Crippen MR) is 91.3 cm³/mol. The van der Waals surface area contributed by atoms with Crippen molar-refractivity contribution in [3.8, 4) is 0 Å². The predicted octanol–water partition coefficient (Wildman–Crippen LogP) is 4.36. The molecule has 0 aliphatic rings. The second kappa shape index (κ2) is 7.01. The van der Waals surface area contributed by atoms with Crippen LogP contribution >= 0.6 is 11.3 Å². The first-order valence-corrected chi connectivity index (χ1v) is 8.43. The average Bonchev–Trinajstić information content (AvgIpc) is 2.97. The summed E-state index contributed by atoms with van der Waals surface area (Å²) in [5.74, 6) is 0.161. The summed E-state index contributed by atoms with van der Waals surface area (Å²) in [6.45, 7) is 8.45. The molecular formula is C17H23N3OS. The van der Waals surface area contributed by atoms with Crippen molar-refractivity contribution < 1.29 is 4.79 Å². The Morgan fingerprint density at radius 2 is 1.95 bits per heavy atom. The standard InChI is InChI=1S/C17H23N3OS/c1-5-17(3,4)15-19-20-16(22-15)18-14(21)11-12(2)13-9-7-6-8-10-13/h6-10,12H,5,11H2,1-4H3,(H,18,20,21). The molecule has 0 saturated heterocycles. The molecule has 0 fully saturated rings. The zero-order chi connectivity index (χ0) is 16.2. The fourth-order valence-corrected chi connectivity index (χ4v) is 2.98. The summed E-state index contributed by atoms with van der Waals surface area (Å²) in [6, 6.07) is 10.1. The Kier molecular flexibility index (Phi) is 5.29. The lowest BCUT2D eigenvalue weighted by molar-refractivity contribution is -0.116. The van der Waals surface area contributed by atoms with Gasteiger partial charge in [0.15, 0.2) is 0 Å². The van der Waals surface area contributed by atoms with Crippen molar-refractivity contribution in [2.24, 2.45) is 0 Å². The Balaban J connectivity index is 1.95. The van der Waals surface area contributed by atoms with Crippen molar-refractivity contribution in [3.63, 3.8) is 0 Å². The third kappa shape index (κ3) is 4.13. The van der Waals surface area contributed by atoms with Gasteiger partial charge in [-0.1, -0.05) is 69.4 Å². The molecule has 1 aromatic heterocycles. The maximum absolute atomic E-state index is 12.2. The summed E-state index contributed by atoms with van der Waals surface area (Å²) < 4.78 is 0. The van der Waals surface area contributed by atoms with E-state index in [-0.39, 0.29) is 17.2 Å². The average molecular weight is 317 g/mol. The Labute approximate surface area is 136 Å². The molecule has 1 unspecified atom stereocenters. The summed E-state index contributed by atoms with van der Waals surface area (Å²) in [4.78, 5) is 12.2. The minimum atomic E-state index is -0.0200. The van der Waals surface area contributed by atoms with Gasteiger partial charge in [0, 0.05) is 11.8 Å². The number of aromatic nitrogens is 2. The molecule has 1 amide bonds. The summed E-state index contributed by atoms with van der Waals surface area (Å²) >= 11 is 1.46. The minimum absolute atomic E-state index is 0.00201. The Morgan fingerprint density at radius 3 is 2.59 bits per heavy atom. The molecule has 0 bridgehead atoms. The molecule has 22 heavy (non-hydrogen) atoms. The molecule has 5 heteroatoms. The Hall–Kier alpha value is -1.75. The van der Waals surface area contributed by atoms with Gasteiger partial charge in [0.1, 0.15) is 5.01 Å². The highest BCUT2D eigenvalue weighted by molar-refractivity contribution is 7.15. The lowest BCUT2D eigenvalue weighted by Gasteiger charge is -2.17. The van der Waals surface area contributed by atoms with Crippen LogP contribution in [-0.4, -0.2) is 16.1 Å². The highest BCUT2D eigenvalue weighted by atomic mass is 32.1. The largest absolute Gasteiger partial charge is 0.301 e. The lowest BCUT2D eigenvalue weighted by atomic mass is 9.91. The zero-order valence-corrected chi connectivity index (χ0v) is 14.4. The number of anilines is 1. The second-order valence-corrected chi connectivity index (χ2v) is 7.19. The quantitative estimate of drug-likeness (QED) is 0.861. The topological polar surface area (TPSA) is 54.9 Å². The van der Waals surface area contributed by atoms with Gasteiger partial charge in [-0.05, 0) is 17.9 Å². The molecule has 1 aromatic carbocycles. The zero-order valence-electron chi connectivity index (χ0n) is 13.6. The van der Waals surface area contributed by atoms with E-state index >= 15 is 0 Å². The van der Waals surface area contributed by atoms with Crippen molar-refractivity contribution in [1.29, 1.82) is 0 Å². The summed E-state index contributed by atoms with van der Waals surface area (Å²) in [7, 11) is 0. The highest BCUT2D eigenvalue weighted by Crippen LogP contribution is 2.31. The molecule has 1 heterocycles. The van der Waals surface area contributed by atoms with Crippen LogP contribution < -0.4 is 5.32 Å². The van der Waals surface area contributed by atoms with E-state index in [9.17, 15) is 4.79 Å². The van der Waals surface area contributed by atoms with E-state index in [4.69, 9.17) is 0 Å². The lowest BCUT2D eigenvalue weighted by Crippen LogP contribution is -2.14. The molecule has 0 aliphatic heterocycles. The first-order valence-electron chi connectivity index (χ1n) is 7.61. The molecule has 0 saturated carbocycles. The molecule has 2 rings (SSSR count). The van der Waals surface area contributed by atoms with Crippen molar-refractivity contribution in [1.82, 2.24) is 10.2 Å². The van der Waals surface area contributed by atoms with Gasteiger partial charge in [0.2, 0.25) is 11.0 Å². The fraction of sp³-hybridized carbons (Fsp3) is 0.471. The first kappa shape index (κ1) is 16.6. The first-order chi connectivity index (χ1) is 10.4. The van der Waals surface area contributed by atoms with E-state index in [2.05, 4.69) is 43.2 Å². The second-order valence-electron chi connectivity index (χ2n) is 6.21. The molecule has 118 valence electrons. The summed E-state index contributed by atoms with van der Waals surface area (Å²) in [5, 5.41) is 12.7. The third-order valence-electron chi connectivity index (χ3n) is 3.99. The van der Waals surface area contributed by atoms with E-state index in [1.807, 2.05) is 30.3 Å². The number of hydrogen-bond acceptors (Lipinski definition) is 4. The molecule has 2 aromatic rings. The van der Waals surface area contributed by atoms with E-state index in [0.717, 1.165) is 11.4 Å².